The number of hydrogen-bond acceptors (Lipinski definition) is 10. The summed E-state index contributed by atoms with van der Waals surface area (Å²) in [4.78, 5) is 63.6. The molecule has 0 radical (unpaired) electrons. The predicted octanol–water partition coefficient (Wildman–Crippen LogP) is 1.77. The summed E-state index contributed by atoms with van der Waals surface area (Å²) in [6.45, 7) is 3.57. The molecule has 3 aromatic rings. The van der Waals surface area contributed by atoms with Crippen molar-refractivity contribution < 1.29 is 23.8 Å². The minimum atomic E-state index is -0.490. The Morgan fingerprint density at radius 2 is 1.67 bits per heavy atom. The van der Waals surface area contributed by atoms with Crippen molar-refractivity contribution in [3.05, 3.63) is 58.4 Å². The van der Waals surface area contributed by atoms with Gasteiger partial charge >= 0.3 is 11.6 Å². The molecule has 3 rings (SSSR count). The molecule has 33 heavy (non-hydrogen) atoms. The number of aromatic nitrogens is 4. The highest BCUT2D eigenvalue weighted by molar-refractivity contribution is 7.71. The average molecular weight is 499 g/mol. The minimum absolute atomic E-state index is 0.0816. The van der Waals surface area contributed by atoms with E-state index in [-0.39, 0.29) is 38.9 Å². The van der Waals surface area contributed by atoms with E-state index in [1.807, 2.05) is 6.92 Å². The molecule has 178 valence electrons. The molecule has 0 aliphatic heterocycles. The first-order chi connectivity index (χ1) is 15.5. The van der Waals surface area contributed by atoms with Crippen molar-refractivity contribution in [3.63, 3.8) is 0 Å². The van der Waals surface area contributed by atoms with Crippen LogP contribution >= 0.6 is 24.4 Å². The summed E-state index contributed by atoms with van der Waals surface area (Å²) >= 11 is 9.29. The van der Waals surface area contributed by atoms with Crippen molar-refractivity contribution in [2.24, 2.45) is 0 Å². The largest absolute Gasteiger partial charge is 0.494 e. The highest BCUT2D eigenvalue weighted by Crippen LogP contribution is 2.09. The van der Waals surface area contributed by atoms with E-state index in [2.05, 4.69) is 36.9 Å². The third-order valence-electron chi connectivity index (χ3n) is 3.81. The number of rotatable bonds is 4. The smallest absolute Gasteiger partial charge is 0.337 e. The number of Topliss-reactive ketones (excluding diaryl/α,β-unsaturated/α-hetero) is 1. The fraction of sp³-hybridized carbons (Fsp3) is 0.316. The molecule has 0 atom stereocenters. The van der Waals surface area contributed by atoms with E-state index in [4.69, 9.17) is 21.7 Å². The van der Waals surface area contributed by atoms with Gasteiger partial charge in [-0.1, -0.05) is 13.8 Å². The summed E-state index contributed by atoms with van der Waals surface area (Å²) in [6, 6.07) is 2.32. The zero-order chi connectivity index (χ0) is 25.1. The van der Waals surface area contributed by atoms with Crippen LogP contribution in [0.4, 0.5) is 0 Å². The summed E-state index contributed by atoms with van der Waals surface area (Å²) in [6.07, 6.45) is 0.887. The van der Waals surface area contributed by atoms with E-state index in [1.54, 1.807) is 6.92 Å². The Morgan fingerprint density at radius 3 is 2.18 bits per heavy atom. The quantitative estimate of drug-likeness (QED) is 0.201. The van der Waals surface area contributed by atoms with E-state index in [0.717, 1.165) is 6.07 Å². The van der Waals surface area contributed by atoms with E-state index < -0.39 is 17.2 Å². The minimum Gasteiger partial charge on any atom is -0.494 e. The van der Waals surface area contributed by atoms with Crippen molar-refractivity contribution in [1.29, 1.82) is 0 Å². The van der Waals surface area contributed by atoms with E-state index in [0.29, 0.717) is 23.8 Å². The lowest BCUT2D eigenvalue weighted by Crippen LogP contribution is -2.13. The van der Waals surface area contributed by atoms with Crippen LogP contribution in [0.3, 0.4) is 0 Å². The van der Waals surface area contributed by atoms with Gasteiger partial charge in [-0.15, -0.1) is 0 Å². The Kier molecular flexibility index (Phi) is 10.8. The first-order valence-electron chi connectivity index (χ1n) is 9.41. The summed E-state index contributed by atoms with van der Waals surface area (Å²) in [5, 5.41) is 9.00. The zero-order valence-electron chi connectivity index (χ0n) is 17.9. The molecule has 3 aromatic heterocycles. The number of aromatic hydroxyl groups is 1. The van der Waals surface area contributed by atoms with Crippen molar-refractivity contribution >= 4 is 47.3 Å². The Labute approximate surface area is 195 Å². The lowest BCUT2D eigenvalue weighted by Gasteiger charge is -2.00. The molecule has 0 fully saturated rings. The van der Waals surface area contributed by atoms with Crippen LogP contribution in [0.25, 0.3) is 11.1 Å². The number of fused-ring (bicyclic) bond motifs is 1. The van der Waals surface area contributed by atoms with Crippen LogP contribution in [-0.4, -0.2) is 43.9 Å². The number of nitrogens with one attached hydrogen (secondary N) is 4. The topological polar surface area (TPSA) is 191 Å². The van der Waals surface area contributed by atoms with Crippen LogP contribution in [0.1, 0.15) is 32.3 Å². The normalized spacial score (nSPS) is 9.79. The number of carbonyl (C=O) groups excluding carboxylic acids is 2. The number of ketones is 1. The first-order valence-corrected chi connectivity index (χ1v) is 10.2. The van der Waals surface area contributed by atoms with Crippen molar-refractivity contribution in [2.45, 2.75) is 33.1 Å². The van der Waals surface area contributed by atoms with Gasteiger partial charge in [0.2, 0.25) is 5.71 Å². The lowest BCUT2D eigenvalue weighted by molar-refractivity contribution is -0.143. The molecule has 0 aliphatic carbocycles. The van der Waals surface area contributed by atoms with Gasteiger partial charge in [0.15, 0.2) is 15.4 Å². The van der Waals surface area contributed by atoms with Crippen LogP contribution < -0.4 is 16.7 Å². The second kappa shape index (κ2) is 13.0. The van der Waals surface area contributed by atoms with Crippen LogP contribution in [0.2, 0.25) is 0 Å². The fourth-order valence-electron chi connectivity index (χ4n) is 2.27. The molecule has 0 aliphatic rings. The Hall–Kier alpha value is -3.65. The molecule has 0 saturated heterocycles. The standard InChI is InChI=1S/C9H8N2O3S.C6H10O3.C4H4N2O2S/c1-2-4-3-5(12)14-8-6(4)7(13)10-9(15)11-8;1-3-5(7)4-6(8)9-2;7-2-1-3(8)6-4(9)5-2/h3H,2H2,1H3,(H2,10,11,13,15);3-4H2,1-2H3;1H,(H3,5,6,7,8,9). The maximum Gasteiger partial charge on any atom is 0.337 e. The molecule has 0 spiro atoms. The van der Waals surface area contributed by atoms with Gasteiger partial charge in [-0.2, -0.15) is 0 Å². The zero-order valence-corrected chi connectivity index (χ0v) is 19.5. The molecule has 3 heterocycles. The van der Waals surface area contributed by atoms with E-state index >= 15 is 0 Å². The Bertz CT molecular complexity index is 1370. The van der Waals surface area contributed by atoms with Gasteiger partial charge in [-0.3, -0.25) is 29.1 Å². The van der Waals surface area contributed by atoms with Gasteiger partial charge in [0.05, 0.1) is 13.2 Å². The van der Waals surface area contributed by atoms with Crippen LogP contribution in [0.15, 0.2) is 30.9 Å². The number of aromatic amines is 4. The van der Waals surface area contributed by atoms with Gasteiger partial charge in [0.25, 0.3) is 11.1 Å². The molecule has 12 nitrogen and oxygen atoms in total. The van der Waals surface area contributed by atoms with Crippen LogP contribution in [0.5, 0.6) is 5.88 Å². The van der Waals surface area contributed by atoms with Crippen molar-refractivity contribution in [2.75, 3.05) is 7.11 Å². The second-order valence-electron chi connectivity index (χ2n) is 6.17. The SMILES string of the molecule is CCC(=O)CC(=O)OC.CCc1cc(=O)oc2[nH]c(=S)[nH]c(=O)c12.O=c1cc(O)[nH]c(=S)[nH]1. The summed E-state index contributed by atoms with van der Waals surface area (Å²) in [7, 11) is 1.27. The third-order valence-corrected chi connectivity index (χ3v) is 4.22. The molecule has 0 aromatic carbocycles. The number of aryl methyl sites for hydroxylation is 1. The molecule has 5 N–H and O–H groups in total. The van der Waals surface area contributed by atoms with Crippen LogP contribution in [0, 0.1) is 9.54 Å². The number of methoxy groups -OCH3 is 1. The molecule has 0 saturated carbocycles. The van der Waals surface area contributed by atoms with Gasteiger partial charge in [-0.25, -0.2) is 4.79 Å². The maximum absolute atomic E-state index is 11.6. The van der Waals surface area contributed by atoms with Gasteiger partial charge in [0, 0.05) is 12.5 Å². The van der Waals surface area contributed by atoms with Crippen molar-refractivity contribution in [3.8, 4) is 5.88 Å². The molecule has 14 heteroatoms. The summed E-state index contributed by atoms with van der Waals surface area (Å²) < 4.78 is 9.40. The summed E-state index contributed by atoms with van der Waals surface area (Å²) in [5.41, 5.74) is -0.456. The Balaban J connectivity index is 0.000000264. The molecular weight excluding hydrogens is 476 g/mol. The first kappa shape index (κ1) is 27.4. The molecule has 0 amide bonds. The molecule has 0 unspecified atom stereocenters. The van der Waals surface area contributed by atoms with Gasteiger partial charge in [0.1, 0.15) is 17.6 Å². The predicted molar refractivity (Wildman–Crippen MR) is 124 cm³/mol. The lowest BCUT2D eigenvalue weighted by atomic mass is 10.1. The average Bonchev–Trinajstić information content (AvgIpc) is 2.72. The molecule has 0 bridgehead atoms. The Morgan fingerprint density at radius 1 is 1.03 bits per heavy atom. The molecular formula is C19H22N4O8S2. The summed E-state index contributed by atoms with van der Waals surface area (Å²) in [5.74, 6) is -0.757. The van der Waals surface area contributed by atoms with Gasteiger partial charge < -0.3 is 24.2 Å². The third kappa shape index (κ3) is 9.16. The highest BCUT2D eigenvalue weighted by atomic mass is 32.1. The number of carbonyl (C=O) groups is 2. The number of hydrogen-bond donors (Lipinski definition) is 5. The fourth-order valence-corrected chi connectivity index (χ4v) is 2.66. The number of H-pyrrole nitrogens is 4. The second-order valence-corrected chi connectivity index (χ2v) is 6.99. The monoisotopic (exact) mass is 498 g/mol. The van der Waals surface area contributed by atoms with E-state index in [9.17, 15) is 24.0 Å². The van der Waals surface area contributed by atoms with Crippen molar-refractivity contribution in [1.82, 2.24) is 19.9 Å². The maximum atomic E-state index is 11.6. The van der Waals surface area contributed by atoms with Crippen LogP contribution in [-0.2, 0) is 20.7 Å². The van der Waals surface area contributed by atoms with E-state index in [1.165, 1.54) is 13.2 Å². The highest BCUT2D eigenvalue weighted by Gasteiger charge is 2.08. The number of esters is 1. The van der Waals surface area contributed by atoms with Gasteiger partial charge in [-0.05, 0) is 36.4 Å². The number of ether oxygens (including phenoxy) is 1.